The van der Waals surface area contributed by atoms with Crippen LogP contribution in [0.1, 0.15) is 5.56 Å². The maximum atomic E-state index is 6.07. The average molecular weight is 295 g/mol. The van der Waals surface area contributed by atoms with Crippen molar-refractivity contribution in [3.63, 3.8) is 0 Å². The Bertz CT molecular complexity index is 556. The van der Waals surface area contributed by atoms with E-state index in [9.17, 15) is 0 Å². The molecule has 0 fully saturated rings. The molecule has 0 aliphatic carbocycles. The van der Waals surface area contributed by atoms with Crippen LogP contribution in [0.25, 0.3) is 0 Å². The predicted molar refractivity (Wildman–Crippen MR) is 84.6 cm³/mol. The molecule has 0 atom stereocenters. The third-order valence-electron chi connectivity index (χ3n) is 2.78. The van der Waals surface area contributed by atoms with Gasteiger partial charge in [0.25, 0.3) is 0 Å². The monoisotopic (exact) mass is 294 g/mol. The summed E-state index contributed by atoms with van der Waals surface area (Å²) >= 11 is 12.0. The van der Waals surface area contributed by atoms with Gasteiger partial charge in [-0.1, -0.05) is 35.3 Å². The number of benzene rings is 2. The first kappa shape index (κ1) is 14.0. The van der Waals surface area contributed by atoms with Gasteiger partial charge in [0.2, 0.25) is 0 Å². The molecule has 2 aromatic carbocycles. The van der Waals surface area contributed by atoms with E-state index in [0.29, 0.717) is 0 Å². The van der Waals surface area contributed by atoms with Crippen LogP contribution in [0.4, 0.5) is 11.4 Å². The maximum absolute atomic E-state index is 6.07. The summed E-state index contributed by atoms with van der Waals surface area (Å²) in [7, 11) is 0. The second kappa shape index (κ2) is 6.69. The van der Waals surface area contributed by atoms with Crippen LogP contribution in [0.15, 0.2) is 42.5 Å². The molecule has 0 heterocycles. The van der Waals surface area contributed by atoms with Crippen molar-refractivity contribution in [3.05, 3.63) is 58.1 Å². The quantitative estimate of drug-likeness (QED) is 0.772. The van der Waals surface area contributed by atoms with Crippen molar-refractivity contribution < 1.29 is 0 Å². The van der Waals surface area contributed by atoms with Gasteiger partial charge in [-0.25, -0.2) is 0 Å². The Kier molecular flexibility index (Phi) is 4.94. The smallest absolute Gasteiger partial charge is 0.0455 e. The van der Waals surface area contributed by atoms with Gasteiger partial charge >= 0.3 is 0 Å². The summed E-state index contributed by atoms with van der Waals surface area (Å²) in [4.78, 5) is 0. The van der Waals surface area contributed by atoms with Crippen molar-refractivity contribution in [2.24, 2.45) is 0 Å². The fourth-order valence-electron chi connectivity index (χ4n) is 1.71. The lowest BCUT2D eigenvalue weighted by Gasteiger charge is -2.10. The Hall–Kier alpha value is -1.38. The lowest BCUT2D eigenvalue weighted by atomic mass is 10.2. The van der Waals surface area contributed by atoms with Crippen LogP contribution in [-0.2, 0) is 0 Å². The Balaban J connectivity index is 1.79. The van der Waals surface area contributed by atoms with Crippen LogP contribution in [0.2, 0.25) is 10.0 Å². The first-order valence-electron chi connectivity index (χ1n) is 6.14. The van der Waals surface area contributed by atoms with E-state index in [-0.39, 0.29) is 0 Å². The number of anilines is 2. The number of nitrogens with one attached hydrogen (secondary N) is 2. The summed E-state index contributed by atoms with van der Waals surface area (Å²) in [5.41, 5.74) is 3.14. The highest BCUT2D eigenvalue weighted by molar-refractivity contribution is 6.31. The molecule has 0 unspecified atom stereocenters. The van der Waals surface area contributed by atoms with Gasteiger partial charge in [0, 0.05) is 34.5 Å². The van der Waals surface area contributed by atoms with Gasteiger partial charge in [0.15, 0.2) is 0 Å². The highest BCUT2D eigenvalue weighted by Gasteiger charge is 1.97. The van der Waals surface area contributed by atoms with Gasteiger partial charge in [-0.3, -0.25) is 0 Å². The first-order chi connectivity index (χ1) is 9.15. The Morgan fingerprint density at radius 3 is 2.21 bits per heavy atom. The molecule has 2 N–H and O–H groups in total. The van der Waals surface area contributed by atoms with E-state index in [1.807, 2.05) is 49.4 Å². The van der Waals surface area contributed by atoms with Gasteiger partial charge < -0.3 is 10.6 Å². The molecule has 19 heavy (non-hydrogen) atoms. The largest absolute Gasteiger partial charge is 0.383 e. The van der Waals surface area contributed by atoms with E-state index in [1.165, 1.54) is 0 Å². The van der Waals surface area contributed by atoms with E-state index in [2.05, 4.69) is 10.6 Å². The normalized spacial score (nSPS) is 10.3. The zero-order valence-electron chi connectivity index (χ0n) is 10.7. The van der Waals surface area contributed by atoms with E-state index in [0.717, 1.165) is 40.1 Å². The summed E-state index contributed by atoms with van der Waals surface area (Å²) in [6.07, 6.45) is 0. The molecular weight excluding hydrogens is 279 g/mol. The molecule has 2 nitrogen and oxygen atoms in total. The molecule has 0 saturated carbocycles. The van der Waals surface area contributed by atoms with Gasteiger partial charge in [-0.2, -0.15) is 0 Å². The van der Waals surface area contributed by atoms with Crippen molar-refractivity contribution in [2.45, 2.75) is 6.92 Å². The van der Waals surface area contributed by atoms with Crippen LogP contribution in [-0.4, -0.2) is 13.1 Å². The molecule has 0 spiro atoms. The lowest BCUT2D eigenvalue weighted by molar-refractivity contribution is 1.08. The van der Waals surface area contributed by atoms with Gasteiger partial charge in [0.1, 0.15) is 0 Å². The molecular formula is C15H16Cl2N2. The second-order valence-electron chi connectivity index (χ2n) is 4.33. The molecule has 0 aromatic heterocycles. The third-order valence-corrected chi connectivity index (χ3v) is 3.42. The zero-order chi connectivity index (χ0) is 13.7. The highest BCUT2D eigenvalue weighted by Crippen LogP contribution is 2.19. The molecule has 2 aromatic rings. The van der Waals surface area contributed by atoms with Crippen LogP contribution < -0.4 is 10.6 Å². The van der Waals surface area contributed by atoms with Crippen molar-refractivity contribution in [1.29, 1.82) is 0 Å². The third kappa shape index (κ3) is 4.34. The Morgan fingerprint density at radius 2 is 1.58 bits per heavy atom. The summed E-state index contributed by atoms with van der Waals surface area (Å²) in [6, 6.07) is 13.7. The average Bonchev–Trinajstić information content (AvgIpc) is 2.39. The molecule has 0 amide bonds. The summed E-state index contributed by atoms with van der Waals surface area (Å²) in [5, 5.41) is 8.14. The minimum atomic E-state index is 0.739. The van der Waals surface area contributed by atoms with Gasteiger partial charge in [0.05, 0.1) is 0 Å². The summed E-state index contributed by atoms with van der Waals surface area (Å²) in [6.45, 7) is 3.62. The van der Waals surface area contributed by atoms with E-state index in [1.54, 1.807) is 0 Å². The minimum Gasteiger partial charge on any atom is -0.383 e. The lowest BCUT2D eigenvalue weighted by Crippen LogP contribution is -2.13. The standard InChI is InChI=1S/C15H16Cl2N2/c1-11-5-6-14(10-15(11)17)19-8-7-18-13-4-2-3-12(16)9-13/h2-6,9-10,18-19H,7-8H2,1H3. The zero-order valence-corrected chi connectivity index (χ0v) is 12.2. The fraction of sp³-hybridized carbons (Fsp3) is 0.200. The van der Waals surface area contributed by atoms with Crippen molar-refractivity contribution >= 4 is 34.6 Å². The van der Waals surface area contributed by atoms with Crippen LogP contribution >= 0.6 is 23.2 Å². The molecule has 0 aliphatic heterocycles. The number of hydrogen-bond acceptors (Lipinski definition) is 2. The topological polar surface area (TPSA) is 24.1 Å². The van der Waals surface area contributed by atoms with Crippen molar-refractivity contribution in [1.82, 2.24) is 0 Å². The number of hydrogen-bond donors (Lipinski definition) is 2. The summed E-state index contributed by atoms with van der Waals surface area (Å²) < 4.78 is 0. The molecule has 4 heteroatoms. The number of rotatable bonds is 5. The molecule has 0 radical (unpaired) electrons. The maximum Gasteiger partial charge on any atom is 0.0455 e. The van der Waals surface area contributed by atoms with Crippen molar-refractivity contribution in [3.8, 4) is 0 Å². The highest BCUT2D eigenvalue weighted by atomic mass is 35.5. The van der Waals surface area contributed by atoms with E-state index in [4.69, 9.17) is 23.2 Å². The van der Waals surface area contributed by atoms with E-state index >= 15 is 0 Å². The molecule has 0 saturated heterocycles. The molecule has 0 aliphatic rings. The summed E-state index contributed by atoms with van der Waals surface area (Å²) in [5.74, 6) is 0. The van der Waals surface area contributed by atoms with E-state index < -0.39 is 0 Å². The molecule has 0 bridgehead atoms. The number of halogens is 2. The first-order valence-corrected chi connectivity index (χ1v) is 6.90. The van der Waals surface area contributed by atoms with Crippen LogP contribution in [0.5, 0.6) is 0 Å². The Labute approximate surface area is 123 Å². The number of aryl methyl sites for hydroxylation is 1. The van der Waals surface area contributed by atoms with Gasteiger partial charge in [-0.05, 0) is 42.8 Å². The SMILES string of the molecule is Cc1ccc(NCCNc2cccc(Cl)c2)cc1Cl. The van der Waals surface area contributed by atoms with Crippen LogP contribution in [0, 0.1) is 6.92 Å². The van der Waals surface area contributed by atoms with Crippen LogP contribution in [0.3, 0.4) is 0 Å². The van der Waals surface area contributed by atoms with Crippen molar-refractivity contribution in [2.75, 3.05) is 23.7 Å². The fourth-order valence-corrected chi connectivity index (χ4v) is 2.09. The van der Waals surface area contributed by atoms with Gasteiger partial charge in [-0.15, -0.1) is 0 Å². The Morgan fingerprint density at radius 1 is 0.895 bits per heavy atom. The second-order valence-corrected chi connectivity index (χ2v) is 5.17. The molecule has 2 rings (SSSR count). The minimum absolute atomic E-state index is 0.739. The molecule has 100 valence electrons. The predicted octanol–water partition coefficient (Wildman–Crippen LogP) is 4.83.